The first-order chi connectivity index (χ1) is 9.02. The lowest BCUT2D eigenvalue weighted by Crippen LogP contribution is -2.40. The van der Waals surface area contributed by atoms with E-state index in [4.69, 9.17) is 0 Å². The summed E-state index contributed by atoms with van der Waals surface area (Å²) in [5.74, 6) is 0.385. The minimum atomic E-state index is -0.0554. The van der Waals surface area contributed by atoms with Gasteiger partial charge in [0.2, 0.25) is 5.91 Å². The third kappa shape index (κ3) is 2.96. The van der Waals surface area contributed by atoms with Gasteiger partial charge in [-0.3, -0.25) is 14.8 Å². The number of hydrogen-bond acceptors (Lipinski definition) is 4. The van der Waals surface area contributed by atoms with Gasteiger partial charge in [-0.2, -0.15) is 5.10 Å². The Labute approximate surface area is 113 Å². The molecule has 1 aliphatic rings. The van der Waals surface area contributed by atoms with Crippen LogP contribution in [0.2, 0.25) is 0 Å². The summed E-state index contributed by atoms with van der Waals surface area (Å²) in [5.41, 5.74) is 2.41. The molecule has 1 aliphatic heterocycles. The minimum absolute atomic E-state index is 0.0554. The third-order valence-corrected chi connectivity index (χ3v) is 3.92. The average molecular weight is 266 g/mol. The van der Waals surface area contributed by atoms with Crippen LogP contribution in [0.5, 0.6) is 0 Å². The highest BCUT2D eigenvalue weighted by Gasteiger charge is 2.31. The van der Waals surface area contributed by atoms with E-state index in [1.54, 1.807) is 0 Å². The Bertz CT molecular complexity index is 438. The molecule has 106 valence electrons. The Balaban J connectivity index is 1.95. The normalized spacial score (nSPS) is 23.8. The van der Waals surface area contributed by atoms with Crippen LogP contribution in [-0.4, -0.2) is 51.8 Å². The number of aliphatic hydroxyl groups is 1. The first-order valence-electron chi connectivity index (χ1n) is 6.69. The van der Waals surface area contributed by atoms with E-state index < -0.39 is 0 Å². The van der Waals surface area contributed by atoms with E-state index in [0.29, 0.717) is 12.5 Å². The first kappa shape index (κ1) is 14.0. The van der Waals surface area contributed by atoms with E-state index in [0.717, 1.165) is 30.0 Å². The van der Waals surface area contributed by atoms with Gasteiger partial charge < -0.3 is 10.4 Å². The van der Waals surface area contributed by atoms with Gasteiger partial charge in [0, 0.05) is 6.04 Å². The molecule has 2 rings (SSSR count). The zero-order valence-corrected chi connectivity index (χ0v) is 11.7. The average Bonchev–Trinajstić information content (AvgIpc) is 2.86. The van der Waals surface area contributed by atoms with Crippen molar-refractivity contribution in [1.29, 1.82) is 0 Å². The van der Waals surface area contributed by atoms with Crippen LogP contribution < -0.4 is 5.32 Å². The molecule has 0 aromatic carbocycles. The second-order valence-corrected chi connectivity index (χ2v) is 5.34. The van der Waals surface area contributed by atoms with Gasteiger partial charge in [-0.15, -0.1) is 0 Å². The third-order valence-electron chi connectivity index (χ3n) is 3.92. The quantitative estimate of drug-likeness (QED) is 0.748. The highest BCUT2D eigenvalue weighted by molar-refractivity contribution is 5.93. The Kier molecular flexibility index (Phi) is 4.21. The highest BCUT2D eigenvalue weighted by Crippen LogP contribution is 2.23. The number of aryl methyl sites for hydroxylation is 2. The minimum Gasteiger partial charge on any atom is -0.395 e. The molecular weight excluding hydrogens is 244 g/mol. The monoisotopic (exact) mass is 266 g/mol. The van der Waals surface area contributed by atoms with Crippen LogP contribution in [0.4, 0.5) is 5.69 Å². The van der Waals surface area contributed by atoms with Gasteiger partial charge in [0.05, 0.1) is 30.2 Å². The molecule has 1 amide bonds. The lowest BCUT2D eigenvalue weighted by Gasteiger charge is -2.24. The molecule has 0 saturated carbocycles. The molecule has 19 heavy (non-hydrogen) atoms. The zero-order valence-electron chi connectivity index (χ0n) is 11.7. The number of amides is 1. The number of rotatable bonds is 4. The number of nitrogens with zero attached hydrogens (tertiary/aromatic N) is 2. The van der Waals surface area contributed by atoms with Crippen LogP contribution in [0, 0.1) is 19.8 Å². The van der Waals surface area contributed by atoms with E-state index in [-0.39, 0.29) is 18.6 Å². The smallest absolute Gasteiger partial charge is 0.238 e. The van der Waals surface area contributed by atoms with Crippen LogP contribution in [0.1, 0.15) is 24.7 Å². The van der Waals surface area contributed by atoms with E-state index in [2.05, 4.69) is 22.4 Å². The molecule has 2 atom stereocenters. The van der Waals surface area contributed by atoms with Gasteiger partial charge in [0.25, 0.3) is 0 Å². The second-order valence-electron chi connectivity index (χ2n) is 5.34. The lowest BCUT2D eigenvalue weighted by atomic mass is 10.0. The van der Waals surface area contributed by atoms with Crippen molar-refractivity contribution in [2.75, 3.05) is 25.0 Å². The topological polar surface area (TPSA) is 81.2 Å². The van der Waals surface area contributed by atoms with Gasteiger partial charge in [-0.05, 0) is 32.7 Å². The Morgan fingerprint density at radius 2 is 2.32 bits per heavy atom. The van der Waals surface area contributed by atoms with E-state index >= 15 is 0 Å². The highest BCUT2D eigenvalue weighted by atomic mass is 16.3. The zero-order chi connectivity index (χ0) is 14.0. The summed E-state index contributed by atoms with van der Waals surface area (Å²) in [7, 11) is 0. The van der Waals surface area contributed by atoms with Crippen molar-refractivity contribution in [2.45, 2.75) is 33.2 Å². The van der Waals surface area contributed by atoms with Crippen LogP contribution in [0.25, 0.3) is 0 Å². The molecule has 1 saturated heterocycles. The summed E-state index contributed by atoms with van der Waals surface area (Å²) < 4.78 is 0. The number of nitrogens with one attached hydrogen (secondary N) is 2. The summed E-state index contributed by atoms with van der Waals surface area (Å²) in [6.45, 7) is 7.14. The van der Waals surface area contributed by atoms with Gasteiger partial charge in [-0.1, -0.05) is 6.92 Å². The summed E-state index contributed by atoms with van der Waals surface area (Å²) in [4.78, 5) is 14.1. The van der Waals surface area contributed by atoms with Crippen molar-refractivity contribution < 1.29 is 9.90 Å². The molecule has 1 fully saturated rings. The van der Waals surface area contributed by atoms with Gasteiger partial charge in [0.15, 0.2) is 0 Å². The standard InChI is InChI=1S/C13H22N4O2/c1-8-4-5-17(11(8)7-18)6-12(19)14-13-9(2)15-16-10(13)3/h8,11,18H,4-7H2,1-3H3,(H,14,19)(H,15,16). The number of aliphatic hydroxyl groups excluding tert-OH is 1. The molecule has 1 aromatic heterocycles. The molecule has 0 spiro atoms. The summed E-state index contributed by atoms with van der Waals surface area (Å²) in [6.07, 6.45) is 1.03. The molecule has 6 nitrogen and oxygen atoms in total. The molecule has 0 radical (unpaired) electrons. The maximum atomic E-state index is 12.1. The fourth-order valence-electron chi connectivity index (χ4n) is 2.68. The Morgan fingerprint density at radius 3 is 2.89 bits per heavy atom. The van der Waals surface area contributed by atoms with Crippen LogP contribution in [0.15, 0.2) is 0 Å². The first-order valence-corrected chi connectivity index (χ1v) is 6.69. The largest absolute Gasteiger partial charge is 0.395 e. The SMILES string of the molecule is Cc1n[nH]c(C)c1NC(=O)CN1CCC(C)C1CO. The van der Waals surface area contributed by atoms with Crippen molar-refractivity contribution in [3.05, 3.63) is 11.4 Å². The maximum Gasteiger partial charge on any atom is 0.238 e. The number of likely N-dealkylation sites (tertiary alicyclic amines) is 1. The molecule has 6 heteroatoms. The van der Waals surface area contributed by atoms with Crippen LogP contribution >= 0.6 is 0 Å². The number of carbonyl (C=O) groups is 1. The molecular formula is C13H22N4O2. The summed E-state index contributed by atoms with van der Waals surface area (Å²) in [6, 6.07) is 0.0947. The maximum absolute atomic E-state index is 12.1. The second kappa shape index (κ2) is 5.71. The van der Waals surface area contributed by atoms with Crippen molar-refractivity contribution in [3.63, 3.8) is 0 Å². The summed E-state index contributed by atoms with van der Waals surface area (Å²) >= 11 is 0. The van der Waals surface area contributed by atoms with Gasteiger partial charge in [-0.25, -0.2) is 0 Å². The molecule has 3 N–H and O–H groups in total. The van der Waals surface area contributed by atoms with Crippen molar-refractivity contribution in [2.24, 2.45) is 5.92 Å². The van der Waals surface area contributed by atoms with E-state index in [1.165, 1.54) is 0 Å². The fourth-order valence-corrected chi connectivity index (χ4v) is 2.68. The molecule has 2 heterocycles. The number of anilines is 1. The number of H-pyrrole nitrogens is 1. The number of aromatic amines is 1. The Morgan fingerprint density at radius 1 is 1.58 bits per heavy atom. The number of aromatic nitrogens is 2. The predicted molar refractivity (Wildman–Crippen MR) is 72.9 cm³/mol. The summed E-state index contributed by atoms with van der Waals surface area (Å²) in [5, 5.41) is 19.2. The predicted octanol–water partition coefficient (Wildman–Crippen LogP) is 0.668. The molecule has 0 aliphatic carbocycles. The fraction of sp³-hybridized carbons (Fsp3) is 0.692. The van der Waals surface area contributed by atoms with Crippen molar-refractivity contribution in [1.82, 2.24) is 15.1 Å². The van der Waals surface area contributed by atoms with E-state index in [9.17, 15) is 9.90 Å². The number of carbonyl (C=O) groups excluding carboxylic acids is 1. The molecule has 2 unspecified atom stereocenters. The lowest BCUT2D eigenvalue weighted by molar-refractivity contribution is -0.117. The van der Waals surface area contributed by atoms with E-state index in [1.807, 2.05) is 18.7 Å². The Hall–Kier alpha value is -1.40. The number of hydrogen-bond donors (Lipinski definition) is 3. The van der Waals surface area contributed by atoms with Gasteiger partial charge >= 0.3 is 0 Å². The molecule has 1 aromatic rings. The molecule has 0 bridgehead atoms. The van der Waals surface area contributed by atoms with Crippen molar-refractivity contribution in [3.8, 4) is 0 Å². The van der Waals surface area contributed by atoms with Crippen LogP contribution in [-0.2, 0) is 4.79 Å². The van der Waals surface area contributed by atoms with Crippen LogP contribution in [0.3, 0.4) is 0 Å². The van der Waals surface area contributed by atoms with Gasteiger partial charge in [0.1, 0.15) is 0 Å². The van der Waals surface area contributed by atoms with Crippen molar-refractivity contribution >= 4 is 11.6 Å².